The van der Waals surface area contributed by atoms with Crippen LogP contribution in [0.15, 0.2) is 48.2 Å². The van der Waals surface area contributed by atoms with Gasteiger partial charge in [-0.3, -0.25) is 9.59 Å². The SMILES string of the molecule is CCCCCCCCc1ccc(NC2=CC(=O)c3c(O)ccc(O)c3C2=O)cc1. The lowest BCUT2D eigenvalue weighted by molar-refractivity contribution is 0.0980. The van der Waals surface area contributed by atoms with Crippen LogP contribution in [-0.2, 0) is 6.42 Å². The third-order valence-electron chi connectivity index (χ3n) is 5.21. The van der Waals surface area contributed by atoms with E-state index in [0.717, 1.165) is 18.9 Å². The zero-order chi connectivity index (χ0) is 20.8. The average Bonchev–Trinajstić information content (AvgIpc) is 2.71. The zero-order valence-electron chi connectivity index (χ0n) is 16.7. The van der Waals surface area contributed by atoms with Gasteiger partial charge in [0.15, 0.2) is 5.78 Å². The Morgan fingerprint density at radius 1 is 0.793 bits per heavy atom. The predicted octanol–water partition coefficient (Wildman–Crippen LogP) is 5.38. The lowest BCUT2D eigenvalue weighted by Crippen LogP contribution is -2.21. The zero-order valence-corrected chi connectivity index (χ0v) is 16.7. The summed E-state index contributed by atoms with van der Waals surface area (Å²) in [6, 6.07) is 10.2. The summed E-state index contributed by atoms with van der Waals surface area (Å²) in [7, 11) is 0. The molecule has 3 N–H and O–H groups in total. The van der Waals surface area contributed by atoms with Crippen molar-refractivity contribution in [1.82, 2.24) is 0 Å². The number of Topliss-reactive ketones (excluding diaryl/α,β-unsaturated/α-hetero) is 1. The Kier molecular flexibility index (Phi) is 6.70. The number of carbonyl (C=O) groups excluding carboxylic acids is 2. The summed E-state index contributed by atoms with van der Waals surface area (Å²) in [4.78, 5) is 25.0. The molecule has 0 aliphatic heterocycles. The number of allylic oxidation sites excluding steroid dienone is 2. The van der Waals surface area contributed by atoms with Gasteiger partial charge >= 0.3 is 0 Å². The normalized spacial score (nSPS) is 13.2. The Balaban J connectivity index is 1.63. The third-order valence-corrected chi connectivity index (χ3v) is 5.21. The van der Waals surface area contributed by atoms with E-state index in [0.29, 0.717) is 5.69 Å². The van der Waals surface area contributed by atoms with E-state index >= 15 is 0 Å². The molecule has 0 radical (unpaired) electrons. The molecule has 1 aliphatic carbocycles. The molecule has 1 aliphatic rings. The van der Waals surface area contributed by atoms with Gasteiger partial charge in [0.05, 0.1) is 16.8 Å². The highest BCUT2D eigenvalue weighted by Crippen LogP contribution is 2.34. The van der Waals surface area contributed by atoms with Crippen molar-refractivity contribution >= 4 is 17.3 Å². The number of anilines is 1. The molecule has 0 amide bonds. The number of aromatic hydroxyl groups is 2. The number of unbranched alkanes of at least 4 members (excludes halogenated alkanes) is 5. The molecule has 0 unspecified atom stereocenters. The number of phenols is 2. The maximum Gasteiger partial charge on any atom is 0.213 e. The van der Waals surface area contributed by atoms with Gasteiger partial charge in [0.1, 0.15) is 11.5 Å². The number of nitrogens with one attached hydrogen (secondary N) is 1. The second-order valence-corrected chi connectivity index (χ2v) is 7.44. The van der Waals surface area contributed by atoms with E-state index in [1.807, 2.05) is 24.3 Å². The van der Waals surface area contributed by atoms with Crippen molar-refractivity contribution in [3.05, 3.63) is 64.9 Å². The Morgan fingerprint density at radius 3 is 2.10 bits per heavy atom. The fraction of sp³-hybridized carbons (Fsp3) is 0.333. The summed E-state index contributed by atoms with van der Waals surface area (Å²) in [5, 5.41) is 22.8. The van der Waals surface area contributed by atoms with Gasteiger partial charge in [0.2, 0.25) is 5.78 Å². The minimum atomic E-state index is -0.524. The maximum absolute atomic E-state index is 12.7. The molecular weight excluding hydrogens is 366 g/mol. The van der Waals surface area contributed by atoms with Crippen molar-refractivity contribution < 1.29 is 19.8 Å². The predicted molar refractivity (Wildman–Crippen MR) is 114 cm³/mol. The lowest BCUT2D eigenvalue weighted by atomic mass is 9.91. The smallest absolute Gasteiger partial charge is 0.213 e. The van der Waals surface area contributed by atoms with Crippen LogP contribution in [0, 0.1) is 0 Å². The van der Waals surface area contributed by atoms with Crippen LogP contribution < -0.4 is 5.32 Å². The summed E-state index contributed by atoms with van der Waals surface area (Å²) >= 11 is 0. The molecule has 5 heteroatoms. The first-order valence-corrected chi connectivity index (χ1v) is 10.2. The van der Waals surface area contributed by atoms with Crippen LogP contribution >= 0.6 is 0 Å². The second kappa shape index (κ2) is 9.41. The van der Waals surface area contributed by atoms with E-state index in [-0.39, 0.29) is 28.3 Å². The van der Waals surface area contributed by atoms with Gasteiger partial charge in [-0.15, -0.1) is 0 Å². The molecule has 0 aromatic heterocycles. The van der Waals surface area contributed by atoms with Crippen molar-refractivity contribution in [2.45, 2.75) is 51.9 Å². The van der Waals surface area contributed by atoms with Crippen molar-refractivity contribution in [2.75, 3.05) is 5.32 Å². The number of aryl methyl sites for hydroxylation is 1. The molecule has 0 heterocycles. The summed E-state index contributed by atoms with van der Waals surface area (Å²) in [5.41, 5.74) is 1.67. The summed E-state index contributed by atoms with van der Waals surface area (Å²) in [6.07, 6.45) is 9.72. The number of ketones is 2. The number of fused-ring (bicyclic) bond motifs is 1. The first-order chi connectivity index (χ1) is 14.0. The fourth-order valence-electron chi connectivity index (χ4n) is 3.58. The lowest BCUT2D eigenvalue weighted by Gasteiger charge is -2.18. The van der Waals surface area contributed by atoms with Gasteiger partial charge in [-0.25, -0.2) is 0 Å². The quantitative estimate of drug-likeness (QED) is 0.393. The summed E-state index contributed by atoms with van der Waals surface area (Å²) in [6.45, 7) is 2.22. The van der Waals surface area contributed by atoms with Crippen molar-refractivity contribution in [3.63, 3.8) is 0 Å². The number of rotatable bonds is 9. The summed E-state index contributed by atoms with van der Waals surface area (Å²) in [5.74, 6) is -1.68. The van der Waals surface area contributed by atoms with Gasteiger partial charge in [-0.05, 0) is 42.7 Å². The Morgan fingerprint density at radius 2 is 1.41 bits per heavy atom. The maximum atomic E-state index is 12.7. The molecule has 0 spiro atoms. The van der Waals surface area contributed by atoms with Crippen LogP contribution in [0.1, 0.15) is 71.7 Å². The van der Waals surface area contributed by atoms with Gasteiger partial charge in [0.25, 0.3) is 0 Å². The van der Waals surface area contributed by atoms with Crippen LogP contribution in [0.3, 0.4) is 0 Å². The number of hydrogen-bond acceptors (Lipinski definition) is 5. The number of phenolic OH excluding ortho intramolecular Hbond substituents is 2. The highest BCUT2D eigenvalue weighted by Gasteiger charge is 2.31. The number of benzene rings is 2. The molecular formula is C24H27NO4. The topological polar surface area (TPSA) is 86.6 Å². The molecule has 29 heavy (non-hydrogen) atoms. The van der Waals surface area contributed by atoms with Crippen molar-refractivity contribution in [3.8, 4) is 11.5 Å². The average molecular weight is 393 g/mol. The van der Waals surface area contributed by atoms with Crippen LogP contribution in [0.25, 0.3) is 0 Å². The molecule has 0 saturated carbocycles. The van der Waals surface area contributed by atoms with Gasteiger partial charge in [-0.1, -0.05) is 51.2 Å². The van der Waals surface area contributed by atoms with Crippen molar-refractivity contribution in [2.24, 2.45) is 0 Å². The van der Waals surface area contributed by atoms with E-state index in [9.17, 15) is 19.8 Å². The van der Waals surface area contributed by atoms with Crippen LogP contribution in [0.5, 0.6) is 11.5 Å². The van der Waals surface area contributed by atoms with E-state index in [1.165, 1.54) is 49.8 Å². The third kappa shape index (κ3) is 4.86. The van der Waals surface area contributed by atoms with Crippen LogP contribution in [0.4, 0.5) is 5.69 Å². The molecule has 0 bridgehead atoms. The van der Waals surface area contributed by atoms with Gasteiger partial charge < -0.3 is 15.5 Å². The van der Waals surface area contributed by atoms with E-state index < -0.39 is 11.6 Å². The molecule has 2 aromatic rings. The molecule has 3 rings (SSSR count). The highest BCUT2D eigenvalue weighted by molar-refractivity contribution is 6.27. The van der Waals surface area contributed by atoms with E-state index in [4.69, 9.17) is 0 Å². The standard InChI is InChI=1S/C24H27NO4/c1-2-3-4-5-6-7-8-16-9-11-17(12-10-16)25-18-15-21(28)22-19(26)13-14-20(27)23(22)24(18)29/h9-15,25-27H,2-8H2,1H3. The second-order valence-electron chi connectivity index (χ2n) is 7.44. The number of hydrogen-bond donors (Lipinski definition) is 3. The van der Waals surface area contributed by atoms with Crippen LogP contribution in [-0.4, -0.2) is 21.8 Å². The van der Waals surface area contributed by atoms with Gasteiger partial charge in [0, 0.05) is 11.8 Å². The molecule has 0 fully saturated rings. The highest BCUT2D eigenvalue weighted by atomic mass is 16.3. The molecule has 0 saturated heterocycles. The Bertz CT molecular complexity index is 929. The number of carbonyl (C=O) groups is 2. The monoisotopic (exact) mass is 393 g/mol. The van der Waals surface area contributed by atoms with Gasteiger partial charge in [-0.2, -0.15) is 0 Å². The Hall–Kier alpha value is -3.08. The fourth-order valence-corrected chi connectivity index (χ4v) is 3.58. The molecule has 2 aromatic carbocycles. The first-order valence-electron chi connectivity index (χ1n) is 10.2. The van der Waals surface area contributed by atoms with Crippen molar-refractivity contribution in [1.29, 1.82) is 0 Å². The molecule has 5 nitrogen and oxygen atoms in total. The molecule has 0 atom stereocenters. The van der Waals surface area contributed by atoms with Crippen LogP contribution in [0.2, 0.25) is 0 Å². The summed E-state index contributed by atoms with van der Waals surface area (Å²) < 4.78 is 0. The molecule has 152 valence electrons. The first kappa shape index (κ1) is 20.6. The minimum absolute atomic E-state index is 0.0760. The largest absolute Gasteiger partial charge is 0.507 e. The Labute approximate surface area is 171 Å². The minimum Gasteiger partial charge on any atom is -0.507 e. The van der Waals surface area contributed by atoms with E-state index in [2.05, 4.69) is 12.2 Å². The van der Waals surface area contributed by atoms with E-state index in [1.54, 1.807) is 0 Å².